The Morgan fingerprint density at radius 3 is 3.05 bits per heavy atom. The molecule has 0 aliphatic rings. The Morgan fingerprint density at radius 2 is 2.23 bits per heavy atom. The molecule has 0 radical (unpaired) electrons. The van der Waals surface area contributed by atoms with E-state index in [-0.39, 0.29) is 11.5 Å². The molecule has 0 aromatic carbocycles. The van der Waals surface area contributed by atoms with E-state index in [4.69, 9.17) is 0 Å². The lowest BCUT2D eigenvalue weighted by Gasteiger charge is -2.07. The molecule has 3 heterocycles. The molecule has 0 aliphatic carbocycles. The SMILES string of the molecule is Cc1cc(=O)[nH]c(CCNC(=O)c2cccc3ccnn23)n1. The number of hydrogen-bond acceptors (Lipinski definition) is 4. The second-order valence-corrected chi connectivity index (χ2v) is 4.92. The molecule has 0 atom stereocenters. The fraction of sp³-hybridized carbons (Fsp3) is 0.200. The van der Waals surface area contributed by atoms with Crippen molar-refractivity contribution >= 4 is 11.4 Å². The van der Waals surface area contributed by atoms with Gasteiger partial charge in [0.2, 0.25) is 0 Å². The van der Waals surface area contributed by atoms with Crippen molar-refractivity contribution < 1.29 is 4.79 Å². The first-order valence-corrected chi connectivity index (χ1v) is 6.91. The second-order valence-electron chi connectivity index (χ2n) is 4.92. The second kappa shape index (κ2) is 5.80. The third kappa shape index (κ3) is 2.88. The lowest BCUT2D eigenvalue weighted by atomic mass is 10.3. The van der Waals surface area contributed by atoms with Crippen molar-refractivity contribution in [3.8, 4) is 0 Å². The number of rotatable bonds is 4. The third-order valence-corrected chi connectivity index (χ3v) is 3.22. The molecule has 7 heteroatoms. The summed E-state index contributed by atoms with van der Waals surface area (Å²) >= 11 is 0. The number of carbonyl (C=O) groups excluding carboxylic acids is 1. The summed E-state index contributed by atoms with van der Waals surface area (Å²) in [5.74, 6) is 0.340. The van der Waals surface area contributed by atoms with Gasteiger partial charge in [0, 0.05) is 24.7 Å². The predicted molar refractivity (Wildman–Crippen MR) is 80.8 cm³/mol. The quantitative estimate of drug-likeness (QED) is 0.741. The molecule has 0 spiro atoms. The maximum atomic E-state index is 12.2. The van der Waals surface area contributed by atoms with Crippen LogP contribution in [-0.2, 0) is 6.42 Å². The number of aromatic nitrogens is 4. The Morgan fingerprint density at radius 1 is 1.36 bits per heavy atom. The summed E-state index contributed by atoms with van der Waals surface area (Å²) in [5, 5.41) is 6.93. The van der Waals surface area contributed by atoms with E-state index in [1.807, 2.05) is 18.2 Å². The lowest BCUT2D eigenvalue weighted by Crippen LogP contribution is -2.28. The fourth-order valence-corrected chi connectivity index (χ4v) is 2.27. The first-order valence-electron chi connectivity index (χ1n) is 6.91. The summed E-state index contributed by atoms with van der Waals surface area (Å²) in [6.45, 7) is 2.14. The Labute approximate surface area is 126 Å². The van der Waals surface area contributed by atoms with Gasteiger partial charge in [0.25, 0.3) is 11.5 Å². The van der Waals surface area contributed by atoms with Gasteiger partial charge in [-0.15, -0.1) is 0 Å². The van der Waals surface area contributed by atoms with Crippen LogP contribution in [0.5, 0.6) is 0 Å². The van der Waals surface area contributed by atoms with Gasteiger partial charge >= 0.3 is 0 Å². The molecule has 1 amide bonds. The number of pyridine rings is 1. The zero-order valence-electron chi connectivity index (χ0n) is 12.0. The van der Waals surface area contributed by atoms with Gasteiger partial charge in [0.05, 0.1) is 11.7 Å². The molecule has 0 bridgehead atoms. The fourth-order valence-electron chi connectivity index (χ4n) is 2.27. The minimum atomic E-state index is -0.218. The third-order valence-electron chi connectivity index (χ3n) is 3.22. The molecule has 0 fully saturated rings. The van der Waals surface area contributed by atoms with E-state index in [1.54, 1.807) is 23.7 Å². The van der Waals surface area contributed by atoms with Gasteiger partial charge in [0.15, 0.2) is 0 Å². The van der Waals surface area contributed by atoms with Gasteiger partial charge in [-0.1, -0.05) is 6.07 Å². The van der Waals surface area contributed by atoms with Crippen LogP contribution in [0.15, 0.2) is 41.3 Å². The molecule has 0 saturated heterocycles. The van der Waals surface area contributed by atoms with E-state index in [0.29, 0.717) is 30.2 Å². The summed E-state index contributed by atoms with van der Waals surface area (Å²) in [6, 6.07) is 8.66. The predicted octanol–water partition coefficient (Wildman–Crippen LogP) is 0.699. The molecule has 7 nitrogen and oxygen atoms in total. The topological polar surface area (TPSA) is 92.1 Å². The molecule has 2 N–H and O–H groups in total. The maximum absolute atomic E-state index is 12.2. The summed E-state index contributed by atoms with van der Waals surface area (Å²) in [4.78, 5) is 30.4. The number of nitrogens with one attached hydrogen (secondary N) is 2. The van der Waals surface area contributed by atoms with Crippen molar-refractivity contribution in [1.82, 2.24) is 24.9 Å². The Kier molecular flexibility index (Phi) is 3.69. The number of hydrogen-bond donors (Lipinski definition) is 2. The van der Waals surface area contributed by atoms with Crippen molar-refractivity contribution in [2.75, 3.05) is 6.54 Å². The first kappa shape index (κ1) is 14.0. The van der Waals surface area contributed by atoms with Crippen LogP contribution in [-0.4, -0.2) is 32.0 Å². The molecular weight excluding hydrogens is 282 g/mol. The van der Waals surface area contributed by atoms with Gasteiger partial charge in [-0.2, -0.15) is 5.10 Å². The number of H-pyrrole nitrogens is 1. The largest absolute Gasteiger partial charge is 0.350 e. The van der Waals surface area contributed by atoms with Crippen molar-refractivity contribution in [2.24, 2.45) is 0 Å². The van der Waals surface area contributed by atoms with Crippen LogP contribution in [0, 0.1) is 6.92 Å². The van der Waals surface area contributed by atoms with Gasteiger partial charge in [-0.25, -0.2) is 9.50 Å². The monoisotopic (exact) mass is 297 g/mol. The number of aryl methyl sites for hydroxylation is 1. The molecule has 3 aromatic heterocycles. The van der Waals surface area contributed by atoms with Crippen LogP contribution < -0.4 is 10.9 Å². The van der Waals surface area contributed by atoms with Gasteiger partial charge in [-0.3, -0.25) is 9.59 Å². The van der Waals surface area contributed by atoms with Gasteiger partial charge < -0.3 is 10.3 Å². The molecular formula is C15H15N5O2. The number of amides is 1. The van der Waals surface area contributed by atoms with Gasteiger partial charge in [-0.05, 0) is 25.1 Å². The summed E-state index contributed by atoms with van der Waals surface area (Å²) in [5.41, 5.74) is 1.80. The van der Waals surface area contributed by atoms with Crippen molar-refractivity contribution in [3.05, 3.63) is 64.1 Å². The van der Waals surface area contributed by atoms with E-state index in [9.17, 15) is 9.59 Å². The molecule has 0 saturated carbocycles. The minimum absolute atomic E-state index is 0.185. The zero-order valence-corrected chi connectivity index (χ0v) is 12.0. The molecule has 112 valence electrons. The van der Waals surface area contributed by atoms with Crippen molar-refractivity contribution in [3.63, 3.8) is 0 Å². The normalized spacial score (nSPS) is 10.8. The van der Waals surface area contributed by atoms with E-state index in [0.717, 1.165) is 5.52 Å². The Bertz CT molecular complexity index is 881. The highest BCUT2D eigenvalue weighted by atomic mass is 16.2. The zero-order chi connectivity index (χ0) is 15.5. The smallest absolute Gasteiger partial charge is 0.269 e. The standard InChI is InChI=1S/C15H15N5O2/c1-10-9-14(21)19-13(18-10)6-7-16-15(22)12-4-2-3-11-5-8-17-20(11)12/h2-5,8-9H,6-7H2,1H3,(H,16,22)(H,18,19,21). The molecule has 3 rings (SSSR count). The van der Waals surface area contributed by atoms with Crippen molar-refractivity contribution in [1.29, 1.82) is 0 Å². The van der Waals surface area contributed by atoms with Crippen LogP contribution in [0.25, 0.3) is 5.52 Å². The molecule has 22 heavy (non-hydrogen) atoms. The van der Waals surface area contributed by atoms with E-state index >= 15 is 0 Å². The van der Waals surface area contributed by atoms with E-state index < -0.39 is 0 Å². The number of nitrogens with zero attached hydrogens (tertiary/aromatic N) is 3. The van der Waals surface area contributed by atoms with Crippen LogP contribution in [0.3, 0.4) is 0 Å². The highest BCUT2D eigenvalue weighted by Crippen LogP contribution is 2.06. The van der Waals surface area contributed by atoms with Gasteiger partial charge in [0.1, 0.15) is 11.5 Å². The molecule has 3 aromatic rings. The number of carbonyl (C=O) groups is 1. The number of aromatic amines is 1. The first-order chi connectivity index (χ1) is 10.6. The Hall–Kier alpha value is -2.96. The van der Waals surface area contributed by atoms with Crippen molar-refractivity contribution in [2.45, 2.75) is 13.3 Å². The highest BCUT2D eigenvalue weighted by Gasteiger charge is 2.10. The van der Waals surface area contributed by atoms with Crippen LogP contribution >= 0.6 is 0 Å². The minimum Gasteiger partial charge on any atom is -0.350 e. The molecule has 0 unspecified atom stereocenters. The lowest BCUT2D eigenvalue weighted by molar-refractivity contribution is 0.0946. The average molecular weight is 297 g/mol. The Balaban J connectivity index is 1.67. The maximum Gasteiger partial charge on any atom is 0.269 e. The van der Waals surface area contributed by atoms with Crippen LogP contribution in [0.1, 0.15) is 22.0 Å². The summed E-state index contributed by atoms with van der Waals surface area (Å²) in [7, 11) is 0. The van der Waals surface area contributed by atoms with E-state index in [1.165, 1.54) is 6.07 Å². The average Bonchev–Trinajstić information content (AvgIpc) is 2.94. The summed E-state index contributed by atoms with van der Waals surface area (Å²) in [6.07, 6.45) is 2.10. The summed E-state index contributed by atoms with van der Waals surface area (Å²) < 4.78 is 1.59. The van der Waals surface area contributed by atoms with Crippen LogP contribution in [0.4, 0.5) is 0 Å². The number of fused-ring (bicyclic) bond motifs is 1. The van der Waals surface area contributed by atoms with Crippen LogP contribution in [0.2, 0.25) is 0 Å². The van der Waals surface area contributed by atoms with E-state index in [2.05, 4.69) is 20.4 Å². The molecule has 0 aliphatic heterocycles. The highest BCUT2D eigenvalue weighted by molar-refractivity contribution is 5.93.